The summed E-state index contributed by atoms with van der Waals surface area (Å²) in [6.45, 7) is 7.73. The number of hydrogen-bond acceptors (Lipinski definition) is 8. The van der Waals surface area contributed by atoms with Crippen molar-refractivity contribution in [3.05, 3.63) is 66.3 Å². The van der Waals surface area contributed by atoms with Crippen molar-refractivity contribution >= 4 is 22.1 Å². The highest BCUT2D eigenvalue weighted by molar-refractivity contribution is 7.89. The predicted molar refractivity (Wildman–Crippen MR) is 148 cm³/mol. The number of rotatable bonds is 2. The molecule has 8 atom stereocenters. The number of hydrogen-bond donors (Lipinski definition) is 0. The first-order valence-corrected chi connectivity index (χ1v) is 15.5. The van der Waals surface area contributed by atoms with Crippen LogP contribution in [0.5, 0.6) is 0 Å². The van der Waals surface area contributed by atoms with Crippen molar-refractivity contribution in [3.63, 3.8) is 0 Å². The summed E-state index contributed by atoms with van der Waals surface area (Å²) < 4.78 is 54.1. The Labute approximate surface area is 240 Å². The molecule has 11 heteroatoms. The smallest absolute Gasteiger partial charge is 0.410 e. The minimum absolute atomic E-state index is 0.00423. The maximum Gasteiger partial charge on any atom is 0.410 e. The van der Waals surface area contributed by atoms with Crippen molar-refractivity contribution in [1.29, 1.82) is 0 Å². The van der Waals surface area contributed by atoms with Gasteiger partial charge in [0.15, 0.2) is 0 Å². The van der Waals surface area contributed by atoms with Crippen LogP contribution in [-0.2, 0) is 33.8 Å². The van der Waals surface area contributed by atoms with Gasteiger partial charge >= 0.3 is 12.1 Å². The van der Waals surface area contributed by atoms with Crippen molar-refractivity contribution in [2.45, 2.75) is 74.7 Å². The van der Waals surface area contributed by atoms with Gasteiger partial charge < -0.3 is 18.9 Å². The van der Waals surface area contributed by atoms with Crippen molar-refractivity contribution in [1.82, 2.24) is 9.21 Å². The molecule has 1 aromatic rings. The standard InChI is InChI=1S/C30H36N2O8S/c1-18-9-11-19(12-10-18)41(35,36)32-17-20-21(13-14-24-27(32)25-22(39-24)8-6-16-37-28(25)33)38-23-7-5-15-31(26(20)23)29(34)40-30(2,3)4/h5-14,20-27H,15-17H2,1-4H3/b14-13-/t20-,21+,22+,23-,24-,25-,26+,27-/m1/s1. The number of benzene rings is 1. The number of amides is 1. The minimum atomic E-state index is -4.12. The topological polar surface area (TPSA) is 112 Å². The Morgan fingerprint density at radius 1 is 0.927 bits per heavy atom. The molecule has 2 saturated heterocycles. The van der Waals surface area contributed by atoms with E-state index in [-0.39, 0.29) is 18.0 Å². The van der Waals surface area contributed by atoms with E-state index in [0.29, 0.717) is 6.54 Å². The summed E-state index contributed by atoms with van der Waals surface area (Å²) in [4.78, 5) is 28.3. The zero-order valence-electron chi connectivity index (χ0n) is 23.6. The van der Waals surface area contributed by atoms with Gasteiger partial charge in [0.05, 0.1) is 41.4 Å². The predicted octanol–water partition coefficient (Wildman–Crippen LogP) is 2.98. The van der Waals surface area contributed by atoms with Crippen LogP contribution < -0.4 is 0 Å². The molecule has 0 bridgehead atoms. The zero-order valence-corrected chi connectivity index (χ0v) is 24.4. The van der Waals surface area contributed by atoms with Crippen molar-refractivity contribution in [2.75, 3.05) is 19.7 Å². The van der Waals surface area contributed by atoms with Crippen LogP contribution in [0.25, 0.3) is 0 Å². The van der Waals surface area contributed by atoms with E-state index in [1.165, 1.54) is 4.31 Å². The van der Waals surface area contributed by atoms with Crippen molar-refractivity contribution in [3.8, 4) is 0 Å². The number of carbonyl (C=O) groups is 2. The van der Waals surface area contributed by atoms with Crippen molar-refractivity contribution < 1.29 is 37.0 Å². The van der Waals surface area contributed by atoms with Gasteiger partial charge in [0.2, 0.25) is 10.0 Å². The van der Waals surface area contributed by atoms with Gasteiger partial charge in [-0.3, -0.25) is 9.69 Å². The van der Waals surface area contributed by atoms with Gasteiger partial charge in [-0.15, -0.1) is 0 Å². The maximum absolute atomic E-state index is 14.4. The zero-order chi connectivity index (χ0) is 29.1. The second-order valence-corrected chi connectivity index (χ2v) is 14.1. The van der Waals surface area contributed by atoms with E-state index >= 15 is 0 Å². The third kappa shape index (κ3) is 5.13. The van der Waals surface area contributed by atoms with Crippen molar-refractivity contribution in [2.24, 2.45) is 11.8 Å². The molecule has 220 valence electrons. The van der Waals surface area contributed by atoms with E-state index in [1.807, 2.05) is 45.9 Å². The molecule has 41 heavy (non-hydrogen) atoms. The molecule has 1 aromatic carbocycles. The first-order chi connectivity index (χ1) is 19.4. The van der Waals surface area contributed by atoms with E-state index in [1.54, 1.807) is 47.4 Å². The molecule has 0 aliphatic carbocycles. The highest BCUT2D eigenvalue weighted by atomic mass is 32.2. The Kier molecular flexibility index (Phi) is 7.12. The molecule has 0 spiro atoms. The largest absolute Gasteiger partial charge is 0.461 e. The fourth-order valence-corrected chi connectivity index (χ4v) is 8.16. The van der Waals surface area contributed by atoms with E-state index in [2.05, 4.69) is 0 Å². The average molecular weight is 585 g/mol. The lowest BCUT2D eigenvalue weighted by Gasteiger charge is -2.41. The van der Waals surface area contributed by atoms with Crippen LogP contribution in [0.1, 0.15) is 26.3 Å². The number of sulfonamides is 1. The summed E-state index contributed by atoms with van der Waals surface area (Å²) in [5, 5.41) is 0. The van der Waals surface area contributed by atoms with Crippen LogP contribution in [-0.4, -0.2) is 91.5 Å². The molecule has 6 rings (SSSR count). The van der Waals surface area contributed by atoms with Crippen LogP contribution in [0.2, 0.25) is 0 Å². The molecular weight excluding hydrogens is 548 g/mol. The quantitative estimate of drug-likeness (QED) is 0.385. The van der Waals surface area contributed by atoms with Gasteiger partial charge in [-0.25, -0.2) is 13.2 Å². The molecule has 0 N–H and O–H groups in total. The Morgan fingerprint density at radius 3 is 2.32 bits per heavy atom. The lowest BCUT2D eigenvalue weighted by Crippen LogP contribution is -2.57. The molecule has 1 amide bonds. The van der Waals surface area contributed by atoms with E-state index in [0.717, 1.165) is 5.56 Å². The van der Waals surface area contributed by atoms with Gasteiger partial charge in [-0.05, 0) is 45.9 Å². The number of fused-ring (bicyclic) bond motifs is 6. The lowest BCUT2D eigenvalue weighted by molar-refractivity contribution is -0.148. The first kappa shape index (κ1) is 28.1. The molecule has 5 aliphatic rings. The Morgan fingerprint density at radius 2 is 1.59 bits per heavy atom. The Bertz CT molecular complexity index is 1400. The number of cyclic esters (lactones) is 1. The SMILES string of the molecule is Cc1ccc(S(=O)(=O)N2C[C@H]3[C@H]4[C@@H](C=CCN4C(=O)OC(C)(C)C)O[C@H]3/C=C\[C@H]3O[C@H]4C=CCOC(=O)[C@H]4[C@@H]32)cc1. The summed E-state index contributed by atoms with van der Waals surface area (Å²) in [6, 6.07) is 5.32. The number of carbonyl (C=O) groups excluding carboxylic acids is 2. The molecular formula is C30H36N2O8S. The molecule has 0 radical (unpaired) electrons. The lowest BCUT2D eigenvalue weighted by atomic mass is 9.86. The van der Waals surface area contributed by atoms with Crippen LogP contribution in [0.15, 0.2) is 65.6 Å². The fraction of sp³-hybridized carbons (Fsp3) is 0.533. The van der Waals surface area contributed by atoms with Crippen LogP contribution >= 0.6 is 0 Å². The van der Waals surface area contributed by atoms with Gasteiger partial charge in [0.1, 0.15) is 18.1 Å². The second-order valence-electron chi connectivity index (χ2n) is 12.2. The van der Waals surface area contributed by atoms with Gasteiger partial charge in [0, 0.05) is 19.0 Å². The Balaban J connectivity index is 1.44. The highest BCUT2D eigenvalue weighted by Crippen LogP contribution is 2.43. The second kappa shape index (κ2) is 10.4. The summed E-state index contributed by atoms with van der Waals surface area (Å²) in [5.41, 5.74) is 0.221. The molecule has 10 nitrogen and oxygen atoms in total. The normalized spacial score (nSPS) is 35.7. The van der Waals surface area contributed by atoms with Gasteiger partial charge in [-0.2, -0.15) is 4.31 Å². The average Bonchev–Trinajstić information content (AvgIpc) is 3.36. The van der Waals surface area contributed by atoms with E-state index < -0.39 is 76.0 Å². The number of esters is 1. The molecule has 2 fully saturated rings. The maximum atomic E-state index is 14.4. The third-order valence-electron chi connectivity index (χ3n) is 8.26. The van der Waals surface area contributed by atoms with Crippen LogP contribution in [0.3, 0.4) is 0 Å². The number of nitrogens with zero attached hydrogens (tertiary/aromatic N) is 2. The third-order valence-corrected chi connectivity index (χ3v) is 10.1. The monoisotopic (exact) mass is 584 g/mol. The molecule has 5 aliphatic heterocycles. The van der Waals surface area contributed by atoms with E-state index in [4.69, 9.17) is 18.9 Å². The summed E-state index contributed by atoms with van der Waals surface area (Å²) in [6.07, 6.45) is 8.20. The molecule has 0 unspecified atom stereocenters. The van der Waals surface area contributed by atoms with Gasteiger partial charge in [0.25, 0.3) is 0 Å². The molecule has 5 heterocycles. The molecule has 0 saturated carbocycles. The fourth-order valence-electron chi connectivity index (χ4n) is 6.47. The van der Waals surface area contributed by atoms with E-state index in [9.17, 15) is 18.0 Å². The summed E-state index contributed by atoms with van der Waals surface area (Å²) in [7, 11) is -4.12. The van der Waals surface area contributed by atoms with Crippen LogP contribution in [0.4, 0.5) is 4.79 Å². The first-order valence-electron chi connectivity index (χ1n) is 14.0. The summed E-state index contributed by atoms with van der Waals surface area (Å²) >= 11 is 0. The Hall–Kier alpha value is -2.99. The minimum Gasteiger partial charge on any atom is -0.461 e. The van der Waals surface area contributed by atoms with Crippen LogP contribution in [0, 0.1) is 18.8 Å². The molecule has 0 aromatic heterocycles. The van der Waals surface area contributed by atoms with Gasteiger partial charge in [-0.1, -0.05) is 48.1 Å². The summed E-state index contributed by atoms with van der Waals surface area (Å²) in [5.74, 6) is -1.79. The highest BCUT2D eigenvalue weighted by Gasteiger charge is 2.58. The number of aryl methyl sites for hydroxylation is 1. The number of ether oxygens (including phenoxy) is 4.